The van der Waals surface area contributed by atoms with Gasteiger partial charge in [0.1, 0.15) is 0 Å². The summed E-state index contributed by atoms with van der Waals surface area (Å²) in [5.41, 5.74) is 0. The first-order valence-corrected chi connectivity index (χ1v) is 4.63. The normalized spacial score (nSPS) is 19.8. The minimum absolute atomic E-state index is 0.595. The summed E-state index contributed by atoms with van der Waals surface area (Å²) in [4.78, 5) is 0. The van der Waals surface area contributed by atoms with Crippen molar-refractivity contribution < 1.29 is 0 Å². The molecule has 0 aliphatic heterocycles. The van der Waals surface area contributed by atoms with Crippen LogP contribution in [0.2, 0.25) is 0 Å². The van der Waals surface area contributed by atoms with E-state index in [4.69, 9.17) is 11.6 Å². The van der Waals surface area contributed by atoms with Crippen LogP contribution < -0.4 is 5.32 Å². The average molecular weight is 174 g/mol. The van der Waals surface area contributed by atoms with Crippen LogP contribution in [-0.2, 0) is 0 Å². The van der Waals surface area contributed by atoms with Gasteiger partial charge in [0.25, 0.3) is 0 Å². The van der Waals surface area contributed by atoms with Crippen LogP contribution in [0.25, 0.3) is 0 Å². The molecule has 0 radical (unpaired) electrons. The SMILES string of the molecule is C=C(Cl)CNC(C)CC1CC1. The van der Waals surface area contributed by atoms with Crippen molar-refractivity contribution in [3.8, 4) is 0 Å². The molecule has 0 bridgehead atoms. The first kappa shape index (κ1) is 9.08. The average Bonchev–Trinajstić information content (AvgIpc) is 2.67. The summed E-state index contributed by atoms with van der Waals surface area (Å²) in [7, 11) is 0. The summed E-state index contributed by atoms with van der Waals surface area (Å²) in [5.74, 6) is 0.987. The van der Waals surface area contributed by atoms with Crippen LogP contribution in [0.3, 0.4) is 0 Å². The molecule has 1 fully saturated rings. The molecule has 2 heteroatoms. The monoisotopic (exact) mass is 173 g/mol. The predicted molar refractivity (Wildman–Crippen MR) is 49.8 cm³/mol. The maximum absolute atomic E-state index is 5.62. The third-order valence-corrected chi connectivity index (χ3v) is 2.16. The highest BCUT2D eigenvalue weighted by Gasteiger charge is 2.23. The van der Waals surface area contributed by atoms with E-state index >= 15 is 0 Å². The Hall–Kier alpha value is -0.0100. The van der Waals surface area contributed by atoms with Crippen molar-refractivity contribution in [3.63, 3.8) is 0 Å². The Morgan fingerprint density at radius 3 is 2.82 bits per heavy atom. The Balaban J connectivity index is 1.99. The van der Waals surface area contributed by atoms with Crippen molar-refractivity contribution in [1.82, 2.24) is 5.32 Å². The van der Waals surface area contributed by atoms with Crippen LogP contribution in [0.15, 0.2) is 11.6 Å². The Morgan fingerprint density at radius 1 is 1.73 bits per heavy atom. The number of hydrogen-bond donors (Lipinski definition) is 1. The van der Waals surface area contributed by atoms with E-state index in [2.05, 4.69) is 18.8 Å². The molecule has 1 aliphatic carbocycles. The molecule has 0 aromatic rings. The van der Waals surface area contributed by atoms with Gasteiger partial charge in [-0.05, 0) is 19.3 Å². The van der Waals surface area contributed by atoms with E-state index in [1.807, 2.05) is 0 Å². The first-order valence-electron chi connectivity index (χ1n) is 4.25. The summed E-state index contributed by atoms with van der Waals surface area (Å²) >= 11 is 5.62. The van der Waals surface area contributed by atoms with E-state index < -0.39 is 0 Å². The molecule has 64 valence electrons. The number of hydrogen-bond acceptors (Lipinski definition) is 1. The molecule has 0 heterocycles. The minimum Gasteiger partial charge on any atom is -0.309 e. The molecule has 0 aromatic carbocycles. The lowest BCUT2D eigenvalue weighted by molar-refractivity contribution is 0.510. The zero-order chi connectivity index (χ0) is 8.27. The van der Waals surface area contributed by atoms with Crippen LogP contribution in [0, 0.1) is 5.92 Å². The van der Waals surface area contributed by atoms with Crippen LogP contribution >= 0.6 is 11.6 Å². The summed E-state index contributed by atoms with van der Waals surface area (Å²) in [6.07, 6.45) is 4.14. The molecule has 1 nitrogen and oxygen atoms in total. The van der Waals surface area contributed by atoms with Gasteiger partial charge in [-0.1, -0.05) is 31.0 Å². The Morgan fingerprint density at radius 2 is 2.36 bits per heavy atom. The van der Waals surface area contributed by atoms with Gasteiger partial charge in [-0.3, -0.25) is 0 Å². The summed E-state index contributed by atoms with van der Waals surface area (Å²) in [6.45, 7) is 6.58. The number of nitrogens with one attached hydrogen (secondary N) is 1. The van der Waals surface area contributed by atoms with E-state index in [0.29, 0.717) is 11.1 Å². The van der Waals surface area contributed by atoms with Crippen molar-refractivity contribution in [2.24, 2.45) is 5.92 Å². The predicted octanol–water partition coefficient (Wildman–Crippen LogP) is 2.52. The van der Waals surface area contributed by atoms with E-state index in [1.165, 1.54) is 19.3 Å². The fraction of sp³-hybridized carbons (Fsp3) is 0.778. The van der Waals surface area contributed by atoms with Crippen molar-refractivity contribution in [1.29, 1.82) is 0 Å². The molecule has 1 atom stereocenters. The van der Waals surface area contributed by atoms with Crippen molar-refractivity contribution >= 4 is 11.6 Å². The lowest BCUT2D eigenvalue weighted by atomic mass is 10.1. The largest absolute Gasteiger partial charge is 0.309 e. The number of halogens is 1. The van der Waals surface area contributed by atoms with Crippen LogP contribution in [0.4, 0.5) is 0 Å². The molecular weight excluding hydrogens is 158 g/mol. The molecule has 1 unspecified atom stereocenters. The Kier molecular flexibility index (Phi) is 3.41. The highest BCUT2D eigenvalue weighted by Crippen LogP contribution is 2.33. The van der Waals surface area contributed by atoms with Gasteiger partial charge in [0.15, 0.2) is 0 Å². The Bertz CT molecular complexity index is 140. The highest BCUT2D eigenvalue weighted by molar-refractivity contribution is 6.29. The van der Waals surface area contributed by atoms with Gasteiger partial charge in [0.05, 0.1) is 0 Å². The molecule has 1 aliphatic rings. The molecule has 0 amide bonds. The van der Waals surface area contributed by atoms with E-state index in [1.54, 1.807) is 0 Å². The number of rotatable bonds is 5. The van der Waals surface area contributed by atoms with E-state index in [0.717, 1.165) is 12.5 Å². The van der Waals surface area contributed by atoms with Gasteiger partial charge in [-0.15, -0.1) is 0 Å². The second-order valence-electron chi connectivity index (χ2n) is 3.48. The van der Waals surface area contributed by atoms with Gasteiger partial charge < -0.3 is 5.32 Å². The zero-order valence-electron chi connectivity index (χ0n) is 7.07. The Labute approximate surface area is 73.8 Å². The summed E-state index contributed by atoms with van der Waals surface area (Å²) in [5, 5.41) is 4.02. The molecule has 11 heavy (non-hydrogen) atoms. The standard InChI is InChI=1S/C9H16ClN/c1-7(10)6-11-8(2)5-9-3-4-9/h8-9,11H,1,3-6H2,2H3. The second kappa shape index (κ2) is 4.13. The minimum atomic E-state index is 0.595. The quantitative estimate of drug-likeness (QED) is 0.674. The third kappa shape index (κ3) is 4.44. The fourth-order valence-electron chi connectivity index (χ4n) is 1.22. The van der Waals surface area contributed by atoms with Crippen molar-refractivity contribution in [2.75, 3.05) is 6.54 Å². The molecule has 1 rings (SSSR count). The summed E-state index contributed by atoms with van der Waals surface area (Å²) < 4.78 is 0. The van der Waals surface area contributed by atoms with Crippen LogP contribution in [0.5, 0.6) is 0 Å². The fourth-order valence-corrected chi connectivity index (χ4v) is 1.30. The highest BCUT2D eigenvalue weighted by atomic mass is 35.5. The summed E-state index contributed by atoms with van der Waals surface area (Å²) in [6, 6.07) is 0.595. The lowest BCUT2D eigenvalue weighted by Gasteiger charge is -2.11. The molecule has 1 N–H and O–H groups in total. The topological polar surface area (TPSA) is 12.0 Å². The molecular formula is C9H16ClN. The first-order chi connectivity index (χ1) is 5.18. The maximum atomic E-state index is 5.62. The van der Waals surface area contributed by atoms with Crippen LogP contribution in [0.1, 0.15) is 26.2 Å². The van der Waals surface area contributed by atoms with Crippen molar-refractivity contribution in [3.05, 3.63) is 11.6 Å². The maximum Gasteiger partial charge on any atom is 0.0309 e. The molecule has 1 saturated carbocycles. The second-order valence-corrected chi connectivity index (χ2v) is 4.01. The van der Waals surface area contributed by atoms with Gasteiger partial charge in [-0.25, -0.2) is 0 Å². The van der Waals surface area contributed by atoms with Gasteiger partial charge >= 0.3 is 0 Å². The third-order valence-electron chi connectivity index (χ3n) is 2.03. The van der Waals surface area contributed by atoms with Gasteiger partial charge in [-0.2, -0.15) is 0 Å². The molecule has 0 saturated heterocycles. The van der Waals surface area contributed by atoms with E-state index in [9.17, 15) is 0 Å². The van der Waals surface area contributed by atoms with Gasteiger partial charge in [0, 0.05) is 17.6 Å². The lowest BCUT2D eigenvalue weighted by Crippen LogP contribution is -2.27. The smallest absolute Gasteiger partial charge is 0.0309 e. The van der Waals surface area contributed by atoms with Crippen molar-refractivity contribution in [2.45, 2.75) is 32.2 Å². The van der Waals surface area contributed by atoms with Gasteiger partial charge in [0.2, 0.25) is 0 Å². The molecule has 0 aromatic heterocycles. The van der Waals surface area contributed by atoms with E-state index in [-0.39, 0.29) is 0 Å². The van der Waals surface area contributed by atoms with Crippen LogP contribution in [-0.4, -0.2) is 12.6 Å². The zero-order valence-corrected chi connectivity index (χ0v) is 7.82. The molecule has 0 spiro atoms.